The summed E-state index contributed by atoms with van der Waals surface area (Å²) in [5.74, 6) is 4.37. The van der Waals surface area contributed by atoms with Crippen molar-refractivity contribution in [3.8, 4) is 46.0 Å². The number of benzene rings is 4. The van der Waals surface area contributed by atoms with E-state index in [2.05, 4.69) is 54.2 Å². The van der Waals surface area contributed by atoms with Gasteiger partial charge in [0, 0.05) is 30.7 Å². The van der Waals surface area contributed by atoms with Crippen molar-refractivity contribution in [2.75, 3.05) is 48.5 Å². The van der Waals surface area contributed by atoms with Gasteiger partial charge in [0.1, 0.15) is 5.75 Å². The quantitative estimate of drug-likeness (QED) is 0.299. The third-order valence-electron chi connectivity index (χ3n) is 9.64. The van der Waals surface area contributed by atoms with Gasteiger partial charge in [-0.1, -0.05) is 18.2 Å². The van der Waals surface area contributed by atoms with E-state index in [9.17, 15) is 5.11 Å². The van der Waals surface area contributed by atoms with Gasteiger partial charge in [0.25, 0.3) is 0 Å². The normalized spacial score (nSPS) is 17.5. The molecule has 4 aromatic rings. The maximum Gasteiger partial charge on any atom is 0.204 e. The number of hydrogen-bond acceptors (Lipinski definition) is 8. The van der Waals surface area contributed by atoms with Crippen molar-refractivity contribution in [1.29, 1.82) is 0 Å². The Morgan fingerprint density at radius 1 is 0.660 bits per heavy atom. The molecule has 0 saturated heterocycles. The van der Waals surface area contributed by atoms with E-state index in [1.165, 1.54) is 16.7 Å². The number of ether oxygens (including phenoxy) is 5. The van der Waals surface area contributed by atoms with Crippen LogP contribution in [0.2, 0.25) is 0 Å². The Morgan fingerprint density at radius 2 is 1.26 bits per heavy atom. The van der Waals surface area contributed by atoms with Crippen molar-refractivity contribution >= 4 is 24.8 Å². The number of likely N-dealkylation sites (N-methyl/N-ethyl adjacent to an activating group) is 2. The van der Waals surface area contributed by atoms with Crippen LogP contribution < -0.4 is 23.7 Å². The largest absolute Gasteiger partial charge is 0.504 e. The first-order valence-corrected chi connectivity index (χ1v) is 15.5. The second-order valence-electron chi connectivity index (χ2n) is 12.3. The van der Waals surface area contributed by atoms with Gasteiger partial charge < -0.3 is 45.2 Å². The topological polar surface area (TPSA) is 167 Å². The molecule has 0 fully saturated rings. The molecule has 4 aliphatic rings. The molecule has 4 aliphatic heterocycles. The fourth-order valence-corrected chi connectivity index (χ4v) is 7.11. The molecule has 0 saturated carbocycles. The molecule has 4 aromatic carbocycles. The molecule has 0 amide bonds. The van der Waals surface area contributed by atoms with Crippen LogP contribution in [0.4, 0.5) is 0 Å². The third-order valence-corrected chi connectivity index (χ3v) is 9.64. The van der Waals surface area contributed by atoms with E-state index in [-0.39, 0.29) is 59.1 Å². The lowest BCUT2D eigenvalue weighted by Crippen LogP contribution is -2.34. The predicted octanol–water partition coefficient (Wildman–Crippen LogP) is 5.23. The van der Waals surface area contributed by atoms with Crippen molar-refractivity contribution in [3.05, 3.63) is 94.0 Å². The zero-order valence-corrected chi connectivity index (χ0v) is 30.5. The van der Waals surface area contributed by atoms with Crippen LogP contribution in [-0.2, 0) is 25.7 Å². The molecule has 4 heterocycles. The van der Waals surface area contributed by atoms with Crippen LogP contribution in [0, 0.1) is 0 Å². The molecule has 0 aromatic heterocycles. The van der Waals surface area contributed by atoms with Crippen LogP contribution in [0.5, 0.6) is 46.0 Å². The minimum absolute atomic E-state index is 0. The number of rotatable bonds is 3. The van der Waals surface area contributed by atoms with E-state index in [0.717, 1.165) is 49.0 Å². The Labute approximate surface area is 305 Å². The summed E-state index contributed by atoms with van der Waals surface area (Å²) in [6, 6.07) is 20.3. The van der Waals surface area contributed by atoms with Gasteiger partial charge in [-0.05, 0) is 110 Å². The lowest BCUT2D eigenvalue weighted by molar-refractivity contribution is 0.220. The molecule has 2 atom stereocenters. The van der Waals surface area contributed by atoms with Gasteiger partial charge in [0.15, 0.2) is 34.5 Å². The minimum atomic E-state index is -0.0402. The van der Waals surface area contributed by atoms with Crippen LogP contribution >= 0.6 is 24.8 Å². The number of fused-ring (bicyclic) bond motifs is 2. The number of phenols is 1. The van der Waals surface area contributed by atoms with Crippen LogP contribution in [0.1, 0.15) is 45.5 Å². The standard InChI is InChI=1S/C37H40N2O6.2ClH.3H2O/c1-38-14-12-24-19-32(41-3)33-21-27(24)28(38)16-22-6-9-26(10-7-22)44-31-18-23(8-11-30(31)40)17-29-35-25(13-15-39(29)2)20-34(42-4)36(43-5)37(35)45-33;;;;;/h6-11,18-21,28-29,40H,12-17H2,1-5H3;2*1H;3*1H2/t28-,29+;;;;;/m0...../s1. The molecule has 6 bridgehead atoms. The summed E-state index contributed by atoms with van der Waals surface area (Å²) >= 11 is 0. The van der Waals surface area contributed by atoms with Crippen molar-refractivity contribution < 1.29 is 45.2 Å². The molecule has 7 N–H and O–H groups in total. The first kappa shape index (κ1) is 42.2. The summed E-state index contributed by atoms with van der Waals surface area (Å²) in [7, 11) is 9.33. The zero-order chi connectivity index (χ0) is 31.2. The number of halogens is 2. The summed E-state index contributed by atoms with van der Waals surface area (Å²) in [4.78, 5) is 4.75. The molecule has 0 radical (unpaired) electrons. The summed E-state index contributed by atoms with van der Waals surface area (Å²) in [5.41, 5.74) is 6.93. The van der Waals surface area contributed by atoms with Crippen LogP contribution in [0.3, 0.4) is 0 Å². The van der Waals surface area contributed by atoms with E-state index < -0.39 is 0 Å². The number of aromatic hydroxyl groups is 1. The highest BCUT2D eigenvalue weighted by atomic mass is 35.5. The Bertz CT molecular complexity index is 1760. The van der Waals surface area contributed by atoms with E-state index in [1.807, 2.05) is 24.3 Å². The van der Waals surface area contributed by atoms with E-state index in [1.54, 1.807) is 27.4 Å². The highest BCUT2D eigenvalue weighted by Crippen LogP contribution is 2.52. The average Bonchev–Trinajstić information content (AvgIpc) is 3.05. The van der Waals surface area contributed by atoms with Crippen molar-refractivity contribution in [2.45, 2.75) is 37.8 Å². The van der Waals surface area contributed by atoms with E-state index in [4.69, 9.17) is 23.7 Å². The molecule has 13 heteroatoms. The summed E-state index contributed by atoms with van der Waals surface area (Å²) < 4.78 is 31.0. The molecule has 0 spiro atoms. The lowest BCUT2D eigenvalue weighted by Gasteiger charge is -2.37. The average molecular weight is 736 g/mol. The fraction of sp³-hybridized carbons (Fsp3) is 0.351. The van der Waals surface area contributed by atoms with Crippen LogP contribution in [0.25, 0.3) is 0 Å². The van der Waals surface area contributed by atoms with E-state index in [0.29, 0.717) is 46.7 Å². The summed E-state index contributed by atoms with van der Waals surface area (Å²) in [6.07, 6.45) is 3.25. The predicted molar refractivity (Wildman–Crippen MR) is 198 cm³/mol. The monoisotopic (exact) mass is 734 g/mol. The first-order chi connectivity index (χ1) is 21.9. The van der Waals surface area contributed by atoms with Gasteiger partial charge in [0.05, 0.1) is 21.3 Å². The molecule has 11 nitrogen and oxygen atoms in total. The Balaban J connectivity index is 0.00000173. The Morgan fingerprint density at radius 3 is 1.92 bits per heavy atom. The maximum absolute atomic E-state index is 10.7. The number of phenolic OH excluding ortho intramolecular Hbond substituents is 1. The van der Waals surface area contributed by atoms with Gasteiger partial charge in [-0.3, -0.25) is 9.80 Å². The second-order valence-corrected chi connectivity index (χ2v) is 12.3. The number of nitrogens with zero attached hydrogens (tertiary/aromatic N) is 2. The molecule has 8 rings (SSSR count). The Kier molecular flexibility index (Phi) is 14.6. The second kappa shape index (κ2) is 17.3. The molecular formula is C37H48Cl2N2O9. The Hall–Kier alpha value is -3.94. The lowest BCUT2D eigenvalue weighted by atomic mass is 9.87. The van der Waals surface area contributed by atoms with Gasteiger partial charge in [-0.25, -0.2) is 0 Å². The summed E-state index contributed by atoms with van der Waals surface area (Å²) in [6.45, 7) is 1.82. The van der Waals surface area contributed by atoms with Gasteiger partial charge in [0.2, 0.25) is 5.75 Å². The van der Waals surface area contributed by atoms with Crippen molar-refractivity contribution in [1.82, 2.24) is 9.80 Å². The zero-order valence-electron chi connectivity index (χ0n) is 28.9. The molecule has 50 heavy (non-hydrogen) atoms. The summed E-state index contributed by atoms with van der Waals surface area (Å²) in [5, 5.41) is 10.7. The first-order valence-electron chi connectivity index (χ1n) is 15.5. The van der Waals surface area contributed by atoms with Gasteiger partial charge in [-0.2, -0.15) is 0 Å². The molecule has 274 valence electrons. The van der Waals surface area contributed by atoms with E-state index >= 15 is 0 Å². The highest BCUT2D eigenvalue weighted by molar-refractivity contribution is 5.85. The molecule has 0 unspecified atom stereocenters. The van der Waals surface area contributed by atoms with Crippen LogP contribution in [0.15, 0.2) is 60.7 Å². The number of methoxy groups -OCH3 is 3. The third kappa shape index (κ3) is 7.69. The maximum atomic E-state index is 10.7. The van der Waals surface area contributed by atoms with Crippen molar-refractivity contribution in [2.24, 2.45) is 0 Å². The fourth-order valence-electron chi connectivity index (χ4n) is 7.11. The van der Waals surface area contributed by atoms with Crippen LogP contribution in [-0.4, -0.2) is 79.8 Å². The smallest absolute Gasteiger partial charge is 0.204 e. The highest BCUT2D eigenvalue weighted by Gasteiger charge is 2.34. The van der Waals surface area contributed by atoms with Gasteiger partial charge in [-0.15, -0.1) is 24.8 Å². The SMILES string of the molecule is COc1cc2c3cc1Oc1c(OC)c(OC)cc4c1[C@@H](Cc1ccc(O)c(c1)Oc1ccc(cc1)C[C@@H]3N(C)CC2)N(C)CC4.Cl.Cl.O.O.O. The molecule has 0 aliphatic carbocycles. The van der Waals surface area contributed by atoms with Crippen molar-refractivity contribution in [3.63, 3.8) is 0 Å². The minimum Gasteiger partial charge on any atom is -0.504 e. The molecular weight excluding hydrogens is 687 g/mol. The van der Waals surface area contributed by atoms with Gasteiger partial charge >= 0.3 is 0 Å². The number of hydrogen-bond donors (Lipinski definition) is 1.